The Bertz CT molecular complexity index is 472. The molecule has 2 aromatic heterocycles. The van der Waals surface area contributed by atoms with Crippen LogP contribution in [0.5, 0.6) is 0 Å². The molecular formula is C12H18N6S. The van der Waals surface area contributed by atoms with Gasteiger partial charge < -0.3 is 5.32 Å². The van der Waals surface area contributed by atoms with E-state index in [9.17, 15) is 0 Å². The summed E-state index contributed by atoms with van der Waals surface area (Å²) in [5, 5.41) is 16.0. The maximum absolute atomic E-state index is 4.10. The Morgan fingerprint density at radius 1 is 1.37 bits per heavy atom. The minimum absolute atomic E-state index is 0.794. The van der Waals surface area contributed by atoms with Gasteiger partial charge in [-0.1, -0.05) is 24.8 Å². The maximum atomic E-state index is 4.10. The monoisotopic (exact) mass is 278 g/mol. The van der Waals surface area contributed by atoms with Gasteiger partial charge in [0.05, 0.1) is 6.54 Å². The van der Waals surface area contributed by atoms with Gasteiger partial charge in [-0.25, -0.2) is 4.68 Å². The first-order valence-corrected chi connectivity index (χ1v) is 7.37. The van der Waals surface area contributed by atoms with Crippen molar-refractivity contribution in [3.63, 3.8) is 0 Å². The molecule has 0 saturated carbocycles. The zero-order valence-electron chi connectivity index (χ0n) is 11.0. The van der Waals surface area contributed by atoms with Crippen molar-refractivity contribution in [3.05, 3.63) is 30.1 Å². The Hall–Kier alpha value is -1.47. The lowest BCUT2D eigenvalue weighted by Gasteiger charge is -2.05. The molecule has 0 spiro atoms. The molecule has 0 saturated heterocycles. The van der Waals surface area contributed by atoms with Crippen molar-refractivity contribution in [2.75, 3.05) is 13.1 Å². The number of pyridine rings is 1. The molecule has 2 rings (SSSR count). The summed E-state index contributed by atoms with van der Waals surface area (Å²) < 4.78 is 1.84. The molecule has 0 atom stereocenters. The fraction of sp³-hybridized carbons (Fsp3) is 0.500. The van der Waals surface area contributed by atoms with Crippen molar-refractivity contribution in [1.29, 1.82) is 0 Å². The maximum Gasteiger partial charge on any atom is 0.209 e. The lowest BCUT2D eigenvalue weighted by molar-refractivity contribution is 0.510. The molecule has 0 fully saturated rings. The summed E-state index contributed by atoms with van der Waals surface area (Å²) in [7, 11) is 0. The highest BCUT2D eigenvalue weighted by Gasteiger charge is 2.06. The van der Waals surface area contributed by atoms with Gasteiger partial charge in [0, 0.05) is 24.7 Å². The molecule has 0 unspecified atom stereocenters. The van der Waals surface area contributed by atoms with E-state index in [-0.39, 0.29) is 0 Å². The summed E-state index contributed by atoms with van der Waals surface area (Å²) in [4.78, 5) is 4.10. The van der Waals surface area contributed by atoms with E-state index in [1.165, 1.54) is 5.56 Å². The van der Waals surface area contributed by atoms with E-state index in [1.807, 2.05) is 16.9 Å². The van der Waals surface area contributed by atoms with Crippen LogP contribution in [0.2, 0.25) is 0 Å². The predicted octanol–water partition coefficient (Wildman–Crippen LogP) is 1.36. The number of hydrogen-bond donors (Lipinski definition) is 1. The van der Waals surface area contributed by atoms with Crippen LogP contribution in [0, 0.1) is 0 Å². The van der Waals surface area contributed by atoms with Crippen LogP contribution in [0.4, 0.5) is 0 Å². The van der Waals surface area contributed by atoms with Gasteiger partial charge in [0.15, 0.2) is 0 Å². The Morgan fingerprint density at radius 3 is 3.11 bits per heavy atom. The Labute approximate surface area is 117 Å². The summed E-state index contributed by atoms with van der Waals surface area (Å²) in [5.74, 6) is 0.830. The van der Waals surface area contributed by atoms with Crippen LogP contribution in [-0.4, -0.2) is 38.3 Å². The lowest BCUT2D eigenvalue weighted by atomic mass is 10.3. The largest absolute Gasteiger partial charge is 0.315 e. The highest BCUT2D eigenvalue weighted by atomic mass is 32.2. The van der Waals surface area contributed by atoms with Crippen molar-refractivity contribution < 1.29 is 0 Å². The average molecular weight is 278 g/mol. The van der Waals surface area contributed by atoms with E-state index in [4.69, 9.17) is 0 Å². The summed E-state index contributed by atoms with van der Waals surface area (Å²) in [6, 6.07) is 3.99. The van der Waals surface area contributed by atoms with Gasteiger partial charge in [0.25, 0.3) is 0 Å². The number of hydrogen-bond acceptors (Lipinski definition) is 6. The number of nitrogens with one attached hydrogen (secondary N) is 1. The van der Waals surface area contributed by atoms with Crippen LogP contribution in [0.1, 0.15) is 18.9 Å². The molecule has 1 N–H and O–H groups in total. The third-order valence-electron chi connectivity index (χ3n) is 2.52. The van der Waals surface area contributed by atoms with E-state index >= 15 is 0 Å². The second-order valence-electron chi connectivity index (χ2n) is 4.08. The molecular weight excluding hydrogens is 260 g/mol. The van der Waals surface area contributed by atoms with Crippen molar-refractivity contribution in [1.82, 2.24) is 30.5 Å². The van der Waals surface area contributed by atoms with Crippen LogP contribution >= 0.6 is 11.8 Å². The molecule has 7 heteroatoms. The third kappa shape index (κ3) is 4.60. The van der Waals surface area contributed by atoms with Crippen LogP contribution in [0.3, 0.4) is 0 Å². The SMILES string of the molecule is CCCNCCn1nnnc1SCc1cccnc1. The Kier molecular flexibility index (Phi) is 5.77. The smallest absolute Gasteiger partial charge is 0.209 e. The van der Waals surface area contributed by atoms with Gasteiger partial charge in [-0.05, 0) is 35.0 Å². The first-order chi connectivity index (χ1) is 9.40. The van der Waals surface area contributed by atoms with Gasteiger partial charge in [-0.15, -0.1) is 5.10 Å². The van der Waals surface area contributed by atoms with Gasteiger partial charge in [0.2, 0.25) is 5.16 Å². The molecule has 6 nitrogen and oxygen atoms in total. The molecule has 19 heavy (non-hydrogen) atoms. The molecule has 0 radical (unpaired) electrons. The fourth-order valence-corrected chi connectivity index (χ4v) is 2.40. The van der Waals surface area contributed by atoms with E-state index in [0.29, 0.717) is 0 Å². The highest BCUT2D eigenvalue weighted by Crippen LogP contribution is 2.18. The lowest BCUT2D eigenvalue weighted by Crippen LogP contribution is -2.21. The zero-order chi connectivity index (χ0) is 13.3. The molecule has 0 bridgehead atoms. The zero-order valence-corrected chi connectivity index (χ0v) is 11.8. The van der Waals surface area contributed by atoms with Gasteiger partial charge in [-0.2, -0.15) is 0 Å². The van der Waals surface area contributed by atoms with Crippen LogP contribution in [0.15, 0.2) is 29.7 Å². The van der Waals surface area contributed by atoms with Gasteiger partial charge in [-0.3, -0.25) is 4.98 Å². The molecule has 0 aliphatic carbocycles. The van der Waals surface area contributed by atoms with Gasteiger partial charge in [0.1, 0.15) is 0 Å². The summed E-state index contributed by atoms with van der Waals surface area (Å²) in [5.41, 5.74) is 1.17. The average Bonchev–Trinajstić information content (AvgIpc) is 2.90. The molecule has 0 aromatic carbocycles. The van der Waals surface area contributed by atoms with Crippen molar-refractivity contribution in [3.8, 4) is 0 Å². The van der Waals surface area contributed by atoms with E-state index in [0.717, 1.165) is 37.0 Å². The van der Waals surface area contributed by atoms with Gasteiger partial charge >= 0.3 is 0 Å². The quantitative estimate of drug-likeness (QED) is 0.581. The first-order valence-electron chi connectivity index (χ1n) is 6.38. The molecule has 2 heterocycles. The standard InChI is InChI=1S/C12H18N6S/c1-2-5-13-7-8-18-12(15-16-17-18)19-10-11-4-3-6-14-9-11/h3-4,6,9,13H,2,5,7-8,10H2,1H3. The first kappa shape index (κ1) is 14.0. The van der Waals surface area contributed by atoms with Crippen LogP contribution < -0.4 is 5.32 Å². The second-order valence-corrected chi connectivity index (χ2v) is 5.03. The van der Waals surface area contributed by atoms with E-state index in [2.05, 4.69) is 38.8 Å². The van der Waals surface area contributed by atoms with E-state index in [1.54, 1.807) is 18.0 Å². The Morgan fingerprint density at radius 2 is 2.32 bits per heavy atom. The minimum atomic E-state index is 0.794. The van der Waals surface area contributed by atoms with E-state index < -0.39 is 0 Å². The summed E-state index contributed by atoms with van der Waals surface area (Å²) in [6.45, 7) is 4.86. The number of nitrogens with zero attached hydrogens (tertiary/aromatic N) is 5. The normalized spacial score (nSPS) is 10.8. The second kappa shape index (κ2) is 7.85. The predicted molar refractivity (Wildman–Crippen MR) is 74.8 cm³/mol. The topological polar surface area (TPSA) is 68.5 Å². The molecule has 0 amide bonds. The van der Waals surface area contributed by atoms with Crippen LogP contribution in [-0.2, 0) is 12.3 Å². The fourth-order valence-electron chi connectivity index (χ4n) is 1.56. The Balaban J connectivity index is 1.82. The summed E-state index contributed by atoms with van der Waals surface area (Å²) in [6.07, 6.45) is 4.78. The number of aromatic nitrogens is 5. The molecule has 0 aliphatic heterocycles. The molecule has 2 aromatic rings. The molecule has 0 aliphatic rings. The van der Waals surface area contributed by atoms with Crippen molar-refractivity contribution in [2.24, 2.45) is 0 Å². The third-order valence-corrected chi connectivity index (χ3v) is 3.55. The summed E-state index contributed by atoms with van der Waals surface area (Å²) >= 11 is 1.63. The van der Waals surface area contributed by atoms with Crippen LogP contribution in [0.25, 0.3) is 0 Å². The van der Waals surface area contributed by atoms with Crippen molar-refractivity contribution >= 4 is 11.8 Å². The number of rotatable bonds is 8. The number of tetrazole rings is 1. The van der Waals surface area contributed by atoms with Crippen molar-refractivity contribution in [2.45, 2.75) is 30.8 Å². The highest BCUT2D eigenvalue weighted by molar-refractivity contribution is 7.98. The number of thioether (sulfide) groups is 1. The minimum Gasteiger partial charge on any atom is -0.315 e. The molecule has 102 valence electrons.